The van der Waals surface area contributed by atoms with Crippen molar-refractivity contribution >= 4 is 55.9 Å². The maximum absolute atomic E-state index is 12.9. The SMILES string of the molecule is CC(=O)Nc1ccc2nc(NC(=O)c3ccccc3SCc3nc(C)no3)sc2c1. The Hall–Kier alpha value is -3.24. The minimum atomic E-state index is -0.249. The van der Waals surface area contributed by atoms with Crippen LogP contribution in [0.2, 0.25) is 0 Å². The number of benzene rings is 2. The molecule has 152 valence electrons. The van der Waals surface area contributed by atoms with Crippen molar-refractivity contribution in [1.82, 2.24) is 15.1 Å². The third-order valence-electron chi connectivity index (χ3n) is 3.98. The highest BCUT2D eigenvalue weighted by atomic mass is 32.2. The molecule has 0 spiro atoms. The fourth-order valence-electron chi connectivity index (χ4n) is 2.74. The predicted octanol–water partition coefficient (Wildman–Crippen LogP) is 4.49. The quantitative estimate of drug-likeness (QED) is 0.426. The maximum atomic E-state index is 12.9. The van der Waals surface area contributed by atoms with Crippen LogP contribution in [0.15, 0.2) is 51.9 Å². The van der Waals surface area contributed by atoms with Crippen molar-refractivity contribution in [3.8, 4) is 0 Å². The zero-order valence-corrected chi connectivity index (χ0v) is 17.8. The molecule has 0 radical (unpaired) electrons. The summed E-state index contributed by atoms with van der Waals surface area (Å²) in [5.74, 6) is 1.17. The Morgan fingerprint density at radius 1 is 1.13 bits per heavy atom. The van der Waals surface area contributed by atoms with Crippen molar-refractivity contribution in [3.63, 3.8) is 0 Å². The largest absolute Gasteiger partial charge is 0.338 e. The van der Waals surface area contributed by atoms with E-state index in [4.69, 9.17) is 4.52 Å². The highest BCUT2D eigenvalue weighted by Gasteiger charge is 2.15. The molecule has 2 N–H and O–H groups in total. The van der Waals surface area contributed by atoms with Gasteiger partial charge in [-0.3, -0.25) is 14.9 Å². The third kappa shape index (κ3) is 4.66. The Balaban J connectivity index is 1.50. The number of thioether (sulfide) groups is 1. The normalized spacial score (nSPS) is 10.9. The Kier molecular flexibility index (Phi) is 5.77. The summed E-state index contributed by atoms with van der Waals surface area (Å²) in [5, 5.41) is 9.87. The second kappa shape index (κ2) is 8.64. The van der Waals surface area contributed by atoms with E-state index in [0.717, 1.165) is 15.1 Å². The molecule has 0 bridgehead atoms. The van der Waals surface area contributed by atoms with Crippen LogP contribution in [-0.2, 0) is 10.5 Å². The van der Waals surface area contributed by atoms with Crippen molar-refractivity contribution in [2.45, 2.75) is 24.5 Å². The van der Waals surface area contributed by atoms with Gasteiger partial charge in [0.2, 0.25) is 11.8 Å². The van der Waals surface area contributed by atoms with Crippen LogP contribution in [0, 0.1) is 6.92 Å². The molecule has 2 aromatic heterocycles. The van der Waals surface area contributed by atoms with Crippen molar-refractivity contribution in [2.24, 2.45) is 0 Å². The van der Waals surface area contributed by atoms with E-state index in [0.29, 0.717) is 33.9 Å². The topological polar surface area (TPSA) is 110 Å². The summed E-state index contributed by atoms with van der Waals surface area (Å²) in [4.78, 5) is 33.6. The number of carbonyl (C=O) groups is 2. The number of thiazole rings is 1. The van der Waals surface area contributed by atoms with E-state index in [-0.39, 0.29) is 11.8 Å². The monoisotopic (exact) mass is 439 g/mol. The lowest BCUT2D eigenvalue weighted by molar-refractivity contribution is -0.114. The summed E-state index contributed by atoms with van der Waals surface area (Å²) in [6, 6.07) is 12.7. The van der Waals surface area contributed by atoms with Crippen LogP contribution in [-0.4, -0.2) is 26.9 Å². The van der Waals surface area contributed by atoms with Crippen molar-refractivity contribution in [3.05, 3.63) is 59.7 Å². The first-order chi connectivity index (χ1) is 14.5. The van der Waals surface area contributed by atoms with Crippen LogP contribution >= 0.6 is 23.1 Å². The Bertz CT molecular complexity index is 1230. The number of nitrogens with one attached hydrogen (secondary N) is 2. The molecule has 2 aromatic carbocycles. The van der Waals surface area contributed by atoms with Crippen LogP contribution in [0.3, 0.4) is 0 Å². The van der Waals surface area contributed by atoms with Crippen LogP contribution < -0.4 is 10.6 Å². The number of carbonyl (C=O) groups excluding carboxylic acids is 2. The van der Waals surface area contributed by atoms with Gasteiger partial charge in [0.15, 0.2) is 11.0 Å². The van der Waals surface area contributed by atoms with Gasteiger partial charge >= 0.3 is 0 Å². The number of aryl methyl sites for hydroxylation is 1. The average molecular weight is 440 g/mol. The summed E-state index contributed by atoms with van der Waals surface area (Å²) < 4.78 is 6.00. The summed E-state index contributed by atoms with van der Waals surface area (Å²) in [6.45, 7) is 3.22. The molecule has 0 saturated heterocycles. The first kappa shape index (κ1) is 20.0. The maximum Gasteiger partial charge on any atom is 0.258 e. The molecule has 10 heteroatoms. The molecule has 0 aliphatic rings. The van der Waals surface area contributed by atoms with Crippen molar-refractivity contribution in [1.29, 1.82) is 0 Å². The molecule has 0 aliphatic heterocycles. The lowest BCUT2D eigenvalue weighted by Crippen LogP contribution is -2.12. The van der Waals surface area contributed by atoms with E-state index in [1.165, 1.54) is 30.0 Å². The summed E-state index contributed by atoms with van der Waals surface area (Å²) in [6.07, 6.45) is 0. The Morgan fingerprint density at radius 2 is 1.97 bits per heavy atom. The minimum absolute atomic E-state index is 0.141. The smallest absolute Gasteiger partial charge is 0.258 e. The molecule has 0 unspecified atom stereocenters. The van der Waals surface area contributed by atoms with Gasteiger partial charge in [0, 0.05) is 17.5 Å². The van der Waals surface area contributed by atoms with E-state index < -0.39 is 0 Å². The van der Waals surface area contributed by atoms with Gasteiger partial charge < -0.3 is 9.84 Å². The van der Waals surface area contributed by atoms with Gasteiger partial charge in [0.05, 0.1) is 21.5 Å². The number of hydrogen-bond acceptors (Lipinski definition) is 8. The molecule has 2 heterocycles. The van der Waals surface area contributed by atoms with Crippen molar-refractivity contribution in [2.75, 3.05) is 10.6 Å². The van der Waals surface area contributed by atoms with E-state index in [9.17, 15) is 9.59 Å². The number of aromatic nitrogens is 3. The van der Waals surface area contributed by atoms with Gasteiger partial charge in [0.25, 0.3) is 5.91 Å². The molecule has 8 nitrogen and oxygen atoms in total. The lowest BCUT2D eigenvalue weighted by Gasteiger charge is -2.07. The van der Waals surface area contributed by atoms with E-state index in [1.807, 2.05) is 30.3 Å². The van der Waals surface area contributed by atoms with Gasteiger partial charge in [-0.25, -0.2) is 4.98 Å². The second-order valence-corrected chi connectivity index (χ2v) is 8.40. The standard InChI is InChI=1S/C20H17N5O3S2/c1-11-21-18(28-25-11)10-29-16-6-4-3-5-14(16)19(27)24-20-23-15-8-7-13(22-12(2)26)9-17(15)30-20/h3-9H,10H2,1-2H3,(H,22,26)(H,23,24,27). The zero-order valence-electron chi connectivity index (χ0n) is 16.1. The molecule has 0 fully saturated rings. The number of nitrogens with zero attached hydrogens (tertiary/aromatic N) is 3. The highest BCUT2D eigenvalue weighted by Crippen LogP contribution is 2.30. The summed E-state index contributed by atoms with van der Waals surface area (Å²) >= 11 is 2.80. The Morgan fingerprint density at radius 3 is 2.73 bits per heavy atom. The molecule has 4 rings (SSSR count). The molecule has 0 atom stereocenters. The van der Waals surface area contributed by atoms with Crippen LogP contribution in [0.4, 0.5) is 10.8 Å². The molecule has 4 aromatic rings. The van der Waals surface area contributed by atoms with E-state index in [2.05, 4.69) is 25.8 Å². The van der Waals surface area contributed by atoms with Crippen LogP contribution in [0.1, 0.15) is 29.0 Å². The van der Waals surface area contributed by atoms with Gasteiger partial charge in [-0.15, -0.1) is 11.8 Å². The van der Waals surface area contributed by atoms with Crippen LogP contribution in [0.25, 0.3) is 10.2 Å². The first-order valence-corrected chi connectivity index (χ1v) is 10.8. The van der Waals surface area contributed by atoms with Gasteiger partial charge in [-0.2, -0.15) is 4.98 Å². The number of fused-ring (bicyclic) bond motifs is 1. The summed E-state index contributed by atoms with van der Waals surface area (Å²) in [7, 11) is 0. The van der Waals surface area contributed by atoms with Gasteiger partial charge in [0.1, 0.15) is 0 Å². The molecule has 0 saturated carbocycles. The fraction of sp³-hybridized carbons (Fsp3) is 0.150. The van der Waals surface area contributed by atoms with Gasteiger partial charge in [-0.05, 0) is 37.3 Å². The van der Waals surface area contributed by atoms with E-state index >= 15 is 0 Å². The number of anilines is 2. The predicted molar refractivity (Wildman–Crippen MR) is 117 cm³/mol. The lowest BCUT2D eigenvalue weighted by atomic mass is 10.2. The molecule has 2 amide bonds. The highest BCUT2D eigenvalue weighted by molar-refractivity contribution is 7.98. The molecule has 0 aliphatic carbocycles. The molecule has 30 heavy (non-hydrogen) atoms. The van der Waals surface area contributed by atoms with Crippen molar-refractivity contribution < 1.29 is 14.1 Å². The van der Waals surface area contributed by atoms with E-state index in [1.54, 1.807) is 19.1 Å². The average Bonchev–Trinajstić information content (AvgIpc) is 3.31. The minimum Gasteiger partial charge on any atom is -0.338 e. The zero-order chi connectivity index (χ0) is 21.1. The second-order valence-electron chi connectivity index (χ2n) is 6.36. The number of hydrogen-bond donors (Lipinski definition) is 2. The van der Waals surface area contributed by atoms with Gasteiger partial charge in [-0.1, -0.05) is 28.6 Å². The first-order valence-electron chi connectivity index (χ1n) is 8.98. The molecular formula is C20H17N5O3S2. The third-order valence-corrected chi connectivity index (χ3v) is 5.97. The number of amides is 2. The number of rotatable bonds is 6. The Labute approximate surface area is 180 Å². The summed E-state index contributed by atoms with van der Waals surface area (Å²) in [5.41, 5.74) is 1.98. The molecular weight excluding hydrogens is 422 g/mol. The fourth-order valence-corrected chi connectivity index (χ4v) is 4.53. The van der Waals surface area contributed by atoms with Crippen LogP contribution in [0.5, 0.6) is 0 Å².